The molecule has 0 amide bonds. The van der Waals surface area contributed by atoms with Gasteiger partial charge in [-0.05, 0) is 59.3 Å². The molecule has 24 heteroatoms. The SMILES string of the molecule is Nc1cc(S(=O)(=O)[O-])cc2cc(S(=O)(=O)[O-])cc(O)c12.Nc1cc(S(=O)(=O)[O-])cc2cc(S(=O)(=O)[O-])cc(O)c12.[Na+].[Na+].[Na+].[Na+]. The number of aromatic hydroxyl groups is 2. The quantitative estimate of drug-likeness (QED) is 0.0862. The molecular formula is C20H14N2Na4O14S4. The van der Waals surface area contributed by atoms with Crippen molar-refractivity contribution in [3.8, 4) is 11.5 Å². The Morgan fingerprint density at radius 1 is 0.432 bits per heavy atom. The van der Waals surface area contributed by atoms with Crippen LogP contribution in [0.1, 0.15) is 0 Å². The molecule has 0 aliphatic rings. The molecular weight excluding hydrogens is 712 g/mol. The zero-order valence-corrected chi connectivity index (χ0v) is 34.5. The Bertz CT molecular complexity index is 1860. The van der Waals surface area contributed by atoms with E-state index in [9.17, 15) is 62.1 Å². The molecule has 0 radical (unpaired) electrons. The number of nitrogen functional groups attached to an aromatic ring is 2. The molecule has 0 fully saturated rings. The van der Waals surface area contributed by atoms with E-state index in [1.54, 1.807) is 0 Å². The molecule has 0 unspecified atom stereocenters. The summed E-state index contributed by atoms with van der Waals surface area (Å²) in [4.78, 5) is -2.91. The van der Waals surface area contributed by atoms with Gasteiger partial charge in [-0.2, -0.15) is 0 Å². The molecule has 6 N–H and O–H groups in total. The van der Waals surface area contributed by atoms with Crippen molar-refractivity contribution in [3.05, 3.63) is 48.5 Å². The number of phenolic OH excluding ortho intramolecular Hbond substituents is 2. The summed E-state index contributed by atoms with van der Waals surface area (Å²) in [6.45, 7) is 0. The second-order valence-corrected chi connectivity index (χ2v) is 13.4. The average Bonchev–Trinajstić information content (AvgIpc) is 2.76. The van der Waals surface area contributed by atoms with Gasteiger partial charge >= 0.3 is 118 Å². The van der Waals surface area contributed by atoms with Crippen molar-refractivity contribution in [2.24, 2.45) is 0 Å². The van der Waals surface area contributed by atoms with Crippen molar-refractivity contribution in [1.29, 1.82) is 0 Å². The summed E-state index contributed by atoms with van der Waals surface area (Å²) in [5.74, 6) is -1.21. The molecule has 0 aromatic heterocycles. The van der Waals surface area contributed by atoms with Gasteiger partial charge in [0.05, 0.1) is 19.6 Å². The van der Waals surface area contributed by atoms with Crippen LogP contribution in [0.2, 0.25) is 0 Å². The first-order chi connectivity index (χ1) is 18.0. The molecule has 0 aliphatic heterocycles. The molecule has 4 aromatic rings. The number of hydrogen-bond acceptors (Lipinski definition) is 16. The zero-order valence-electron chi connectivity index (χ0n) is 23.2. The minimum Gasteiger partial charge on any atom is -0.744 e. The Labute approximate surface area is 339 Å². The Morgan fingerprint density at radius 2 is 0.636 bits per heavy atom. The molecule has 0 bridgehead atoms. The summed E-state index contributed by atoms with van der Waals surface area (Å²) in [5, 5.41) is 19.0. The Balaban J connectivity index is 0. The fourth-order valence-electron chi connectivity index (χ4n) is 3.52. The molecule has 216 valence electrons. The maximum atomic E-state index is 10.9. The van der Waals surface area contributed by atoms with Crippen molar-refractivity contribution >= 4 is 73.4 Å². The van der Waals surface area contributed by atoms with Crippen molar-refractivity contribution in [3.63, 3.8) is 0 Å². The second kappa shape index (κ2) is 16.6. The van der Waals surface area contributed by atoms with Crippen LogP contribution >= 0.6 is 0 Å². The van der Waals surface area contributed by atoms with Crippen LogP contribution in [0.3, 0.4) is 0 Å². The van der Waals surface area contributed by atoms with Crippen LogP contribution in [0, 0.1) is 0 Å². The number of fused-ring (bicyclic) bond motifs is 2. The van der Waals surface area contributed by atoms with Gasteiger partial charge in [0.25, 0.3) is 0 Å². The van der Waals surface area contributed by atoms with Gasteiger partial charge in [0.2, 0.25) is 0 Å². The molecule has 0 saturated heterocycles. The van der Waals surface area contributed by atoms with Gasteiger partial charge < -0.3 is 39.9 Å². The smallest absolute Gasteiger partial charge is 0.744 e. The van der Waals surface area contributed by atoms with Crippen molar-refractivity contribution in [2.75, 3.05) is 11.5 Å². The fraction of sp³-hybridized carbons (Fsp3) is 0. The zero-order chi connectivity index (χ0) is 30.6. The summed E-state index contributed by atoms with van der Waals surface area (Å²) >= 11 is 0. The van der Waals surface area contributed by atoms with E-state index in [1.165, 1.54) is 0 Å². The third-order valence-corrected chi connectivity index (χ3v) is 8.42. The van der Waals surface area contributed by atoms with E-state index in [-0.39, 0.29) is 151 Å². The van der Waals surface area contributed by atoms with Crippen LogP contribution in [0.5, 0.6) is 11.5 Å². The van der Waals surface area contributed by atoms with Gasteiger partial charge in [0, 0.05) is 22.1 Å². The molecule has 16 nitrogen and oxygen atoms in total. The Kier molecular flexibility index (Phi) is 17.5. The summed E-state index contributed by atoms with van der Waals surface area (Å²) in [6, 6.07) is 6.43. The summed E-state index contributed by atoms with van der Waals surface area (Å²) in [7, 11) is -19.3. The number of hydrogen-bond donors (Lipinski definition) is 4. The van der Waals surface area contributed by atoms with E-state index in [0.717, 1.165) is 36.4 Å². The third-order valence-electron chi connectivity index (χ3n) is 5.17. The molecule has 0 spiro atoms. The normalized spacial score (nSPS) is 11.5. The largest absolute Gasteiger partial charge is 1.00 e. The molecule has 4 aromatic carbocycles. The summed E-state index contributed by atoms with van der Waals surface area (Å²) in [5.41, 5.74) is 10.6. The number of anilines is 2. The van der Waals surface area contributed by atoms with Gasteiger partial charge in [-0.25, -0.2) is 33.7 Å². The molecule has 4 rings (SSSR count). The average molecular weight is 727 g/mol. The molecule has 0 atom stereocenters. The first-order valence-electron chi connectivity index (χ1n) is 9.96. The summed E-state index contributed by atoms with van der Waals surface area (Å²) in [6.07, 6.45) is 0. The minimum atomic E-state index is -4.86. The van der Waals surface area contributed by atoms with Crippen LogP contribution in [0.15, 0.2) is 68.1 Å². The van der Waals surface area contributed by atoms with Gasteiger partial charge in [0.15, 0.2) is 0 Å². The molecule has 0 aliphatic carbocycles. The Morgan fingerprint density at radius 3 is 0.841 bits per heavy atom. The van der Waals surface area contributed by atoms with Crippen LogP contribution < -0.4 is 130 Å². The van der Waals surface area contributed by atoms with Crippen LogP contribution in [-0.2, 0) is 40.5 Å². The minimum absolute atomic E-state index is 0. The van der Waals surface area contributed by atoms with E-state index < -0.39 is 71.6 Å². The van der Waals surface area contributed by atoms with E-state index in [0.29, 0.717) is 12.1 Å². The van der Waals surface area contributed by atoms with Gasteiger partial charge in [-0.1, -0.05) is 0 Å². The Hall–Kier alpha value is 0.240. The number of benzene rings is 4. The second-order valence-electron chi connectivity index (χ2n) is 7.92. The summed E-state index contributed by atoms with van der Waals surface area (Å²) < 4.78 is 131. The van der Waals surface area contributed by atoms with Crippen molar-refractivity contribution in [2.45, 2.75) is 19.6 Å². The maximum absolute atomic E-state index is 10.9. The van der Waals surface area contributed by atoms with Crippen molar-refractivity contribution < 1.29 is 180 Å². The van der Waals surface area contributed by atoms with E-state index in [2.05, 4.69) is 0 Å². The first-order valence-corrected chi connectivity index (χ1v) is 15.6. The molecule has 0 heterocycles. The first kappa shape index (κ1) is 46.4. The third kappa shape index (κ3) is 11.2. The topological polar surface area (TPSA) is 321 Å². The van der Waals surface area contributed by atoms with E-state index in [1.807, 2.05) is 0 Å². The monoisotopic (exact) mass is 726 g/mol. The van der Waals surface area contributed by atoms with Crippen molar-refractivity contribution in [1.82, 2.24) is 0 Å². The predicted molar refractivity (Wildman–Crippen MR) is 132 cm³/mol. The molecule has 0 saturated carbocycles. The van der Waals surface area contributed by atoms with Gasteiger partial charge in [-0.3, -0.25) is 0 Å². The molecule has 44 heavy (non-hydrogen) atoms. The van der Waals surface area contributed by atoms with E-state index >= 15 is 0 Å². The standard InChI is InChI=1S/2C10H9NO7S2.4Na/c2*11-8-3-6(19(13,14)15)1-5-2-7(20(16,17)18)4-9(12)10(5)8;;;;/h2*1-4,12H,11H2,(H,13,14,15)(H,16,17,18);;;;/q;;4*+1/p-4. The van der Waals surface area contributed by atoms with Crippen LogP contribution in [0.4, 0.5) is 11.4 Å². The van der Waals surface area contributed by atoms with Gasteiger partial charge in [-0.15, -0.1) is 0 Å². The maximum Gasteiger partial charge on any atom is 1.00 e. The van der Waals surface area contributed by atoms with Crippen LogP contribution in [0.25, 0.3) is 21.5 Å². The van der Waals surface area contributed by atoms with Gasteiger partial charge in [0.1, 0.15) is 52.0 Å². The number of nitrogens with two attached hydrogens (primary N) is 2. The van der Waals surface area contributed by atoms with Crippen LogP contribution in [-0.4, -0.2) is 62.1 Å². The number of rotatable bonds is 4. The fourth-order valence-corrected chi connectivity index (χ4v) is 5.66. The number of phenols is 2. The van der Waals surface area contributed by atoms with E-state index in [4.69, 9.17) is 11.5 Å². The predicted octanol–water partition coefficient (Wildman–Crippen LogP) is -12.1.